The summed E-state index contributed by atoms with van der Waals surface area (Å²) in [4.78, 5) is 26.6. The second kappa shape index (κ2) is 8.68. The molecular formula is C24H28N2O3. The minimum absolute atomic E-state index is 0.107. The lowest BCUT2D eigenvalue weighted by molar-refractivity contribution is -0.134. The number of nitrogens with zero attached hydrogens (tertiary/aromatic N) is 1. The van der Waals surface area contributed by atoms with Gasteiger partial charge in [-0.3, -0.25) is 9.59 Å². The van der Waals surface area contributed by atoms with Crippen molar-refractivity contribution < 1.29 is 14.3 Å². The molecule has 5 heteroatoms. The summed E-state index contributed by atoms with van der Waals surface area (Å²) in [6.07, 6.45) is 3.13. The molecule has 2 aliphatic rings. The maximum absolute atomic E-state index is 12.5. The van der Waals surface area contributed by atoms with E-state index in [1.165, 1.54) is 0 Å². The molecule has 2 aromatic carbocycles. The Morgan fingerprint density at radius 3 is 2.17 bits per heavy atom. The van der Waals surface area contributed by atoms with Gasteiger partial charge in [0.25, 0.3) is 5.91 Å². The number of rotatable bonds is 6. The molecule has 0 aromatic heterocycles. The minimum Gasteiger partial charge on any atom is -0.481 e. The third-order valence-corrected chi connectivity index (χ3v) is 5.72. The van der Waals surface area contributed by atoms with Crippen molar-refractivity contribution in [3.8, 4) is 16.9 Å². The Morgan fingerprint density at radius 2 is 1.55 bits per heavy atom. The molecule has 0 radical (unpaired) electrons. The van der Waals surface area contributed by atoms with Gasteiger partial charge in [-0.05, 0) is 55.9 Å². The highest BCUT2D eigenvalue weighted by Gasteiger charge is 2.35. The Kier molecular flexibility index (Phi) is 5.84. The van der Waals surface area contributed by atoms with Crippen LogP contribution in [0.1, 0.15) is 32.6 Å². The zero-order valence-electron chi connectivity index (χ0n) is 16.8. The predicted octanol–water partition coefficient (Wildman–Crippen LogP) is 3.64. The standard InChI is InChI=1S/C24H28N2O3/c1-17(29-22-11-9-19(10-12-22)18-5-3-2-4-6-18)23(27)25-21-13-15-26(16-14-21)24(28)20-7-8-20/h2-6,9-12,17,20-21H,7-8,13-16H2,1H3,(H,25,27). The van der Waals surface area contributed by atoms with E-state index in [1.807, 2.05) is 47.4 Å². The van der Waals surface area contributed by atoms with Crippen molar-refractivity contribution in [3.63, 3.8) is 0 Å². The third kappa shape index (κ3) is 4.97. The first-order chi connectivity index (χ1) is 14.1. The molecular weight excluding hydrogens is 364 g/mol. The number of ether oxygens (including phenoxy) is 1. The summed E-state index contributed by atoms with van der Waals surface area (Å²) in [6, 6.07) is 18.1. The van der Waals surface area contributed by atoms with Crippen molar-refractivity contribution in [2.45, 2.75) is 44.8 Å². The number of piperidine rings is 1. The predicted molar refractivity (Wildman–Crippen MR) is 112 cm³/mol. The molecule has 1 saturated heterocycles. The fourth-order valence-corrected chi connectivity index (χ4v) is 3.77. The van der Waals surface area contributed by atoms with Gasteiger partial charge in [-0.2, -0.15) is 0 Å². The molecule has 1 unspecified atom stereocenters. The number of likely N-dealkylation sites (tertiary alicyclic amines) is 1. The molecule has 2 amide bonds. The summed E-state index contributed by atoms with van der Waals surface area (Å²) in [5.41, 5.74) is 2.26. The quantitative estimate of drug-likeness (QED) is 0.817. The summed E-state index contributed by atoms with van der Waals surface area (Å²) >= 11 is 0. The molecule has 0 bridgehead atoms. The number of carbonyl (C=O) groups is 2. The first kappa shape index (κ1) is 19.5. The molecule has 4 rings (SSSR count). The van der Waals surface area contributed by atoms with Crippen LogP contribution >= 0.6 is 0 Å². The van der Waals surface area contributed by atoms with Gasteiger partial charge in [0.2, 0.25) is 5.91 Å². The zero-order chi connectivity index (χ0) is 20.2. The summed E-state index contributed by atoms with van der Waals surface area (Å²) in [5.74, 6) is 1.13. The van der Waals surface area contributed by atoms with Gasteiger partial charge in [0.05, 0.1) is 0 Å². The van der Waals surface area contributed by atoms with Crippen LogP contribution in [0.3, 0.4) is 0 Å². The second-order valence-electron chi connectivity index (χ2n) is 8.03. The van der Waals surface area contributed by atoms with Gasteiger partial charge >= 0.3 is 0 Å². The average molecular weight is 392 g/mol. The molecule has 0 spiro atoms. The first-order valence-electron chi connectivity index (χ1n) is 10.5. The van der Waals surface area contributed by atoms with Gasteiger partial charge in [-0.25, -0.2) is 0 Å². The molecule has 1 aliphatic heterocycles. The Labute approximate surface area is 172 Å². The van der Waals surface area contributed by atoms with Crippen LogP contribution in [0.25, 0.3) is 11.1 Å². The summed E-state index contributed by atoms with van der Waals surface area (Å²) in [7, 11) is 0. The van der Waals surface area contributed by atoms with Crippen LogP contribution in [-0.2, 0) is 9.59 Å². The zero-order valence-corrected chi connectivity index (χ0v) is 16.8. The average Bonchev–Trinajstić information content (AvgIpc) is 3.60. The second-order valence-corrected chi connectivity index (χ2v) is 8.03. The van der Waals surface area contributed by atoms with E-state index in [2.05, 4.69) is 17.4 Å². The van der Waals surface area contributed by atoms with Crippen LogP contribution in [0.4, 0.5) is 0 Å². The lowest BCUT2D eigenvalue weighted by Gasteiger charge is -2.33. The summed E-state index contributed by atoms with van der Waals surface area (Å²) in [5, 5.41) is 3.08. The lowest BCUT2D eigenvalue weighted by atomic mass is 10.0. The molecule has 1 atom stereocenters. The van der Waals surface area contributed by atoms with Crippen LogP contribution in [0.2, 0.25) is 0 Å². The molecule has 5 nitrogen and oxygen atoms in total. The van der Waals surface area contributed by atoms with Crippen LogP contribution in [0, 0.1) is 5.92 Å². The van der Waals surface area contributed by atoms with Crippen molar-refractivity contribution in [1.29, 1.82) is 0 Å². The van der Waals surface area contributed by atoms with Gasteiger partial charge in [0.15, 0.2) is 6.10 Å². The molecule has 1 saturated carbocycles. The van der Waals surface area contributed by atoms with Gasteiger partial charge in [0.1, 0.15) is 5.75 Å². The van der Waals surface area contributed by atoms with E-state index in [4.69, 9.17) is 4.74 Å². The fraction of sp³-hybridized carbons (Fsp3) is 0.417. The largest absolute Gasteiger partial charge is 0.481 e. The highest BCUT2D eigenvalue weighted by Crippen LogP contribution is 2.32. The van der Waals surface area contributed by atoms with E-state index in [0.717, 1.165) is 49.9 Å². The Balaban J connectivity index is 1.25. The van der Waals surface area contributed by atoms with Crippen LogP contribution < -0.4 is 10.1 Å². The fourth-order valence-electron chi connectivity index (χ4n) is 3.77. The number of hydrogen-bond donors (Lipinski definition) is 1. The van der Waals surface area contributed by atoms with E-state index in [1.54, 1.807) is 6.92 Å². The van der Waals surface area contributed by atoms with E-state index in [-0.39, 0.29) is 17.9 Å². The van der Waals surface area contributed by atoms with Gasteiger partial charge in [-0.1, -0.05) is 42.5 Å². The van der Waals surface area contributed by atoms with Crippen molar-refractivity contribution in [2.24, 2.45) is 5.92 Å². The SMILES string of the molecule is CC(Oc1ccc(-c2ccccc2)cc1)C(=O)NC1CCN(C(=O)C2CC2)CC1. The number of nitrogens with one attached hydrogen (secondary N) is 1. The Bertz CT molecular complexity index is 838. The normalized spacial score (nSPS) is 18.2. The molecule has 1 N–H and O–H groups in total. The van der Waals surface area contributed by atoms with Crippen molar-refractivity contribution in [1.82, 2.24) is 10.2 Å². The Morgan fingerprint density at radius 1 is 0.931 bits per heavy atom. The lowest BCUT2D eigenvalue weighted by Crippen LogP contribution is -2.49. The summed E-state index contributed by atoms with van der Waals surface area (Å²) in [6.45, 7) is 3.24. The summed E-state index contributed by atoms with van der Waals surface area (Å²) < 4.78 is 5.83. The van der Waals surface area contributed by atoms with Gasteiger partial charge in [0, 0.05) is 25.0 Å². The maximum atomic E-state index is 12.5. The topological polar surface area (TPSA) is 58.6 Å². The molecule has 29 heavy (non-hydrogen) atoms. The van der Waals surface area contributed by atoms with E-state index in [0.29, 0.717) is 11.7 Å². The molecule has 2 aromatic rings. The van der Waals surface area contributed by atoms with Crippen LogP contribution in [0.5, 0.6) is 5.75 Å². The monoisotopic (exact) mass is 392 g/mol. The maximum Gasteiger partial charge on any atom is 0.260 e. The Hall–Kier alpha value is -2.82. The van der Waals surface area contributed by atoms with Gasteiger partial charge < -0.3 is 15.0 Å². The van der Waals surface area contributed by atoms with Crippen LogP contribution in [-0.4, -0.2) is 41.9 Å². The smallest absolute Gasteiger partial charge is 0.260 e. The number of benzene rings is 2. The minimum atomic E-state index is -0.566. The van der Waals surface area contributed by atoms with Gasteiger partial charge in [-0.15, -0.1) is 0 Å². The molecule has 2 fully saturated rings. The highest BCUT2D eigenvalue weighted by atomic mass is 16.5. The third-order valence-electron chi connectivity index (χ3n) is 5.72. The van der Waals surface area contributed by atoms with E-state index < -0.39 is 6.10 Å². The van der Waals surface area contributed by atoms with E-state index >= 15 is 0 Å². The highest BCUT2D eigenvalue weighted by molar-refractivity contribution is 5.82. The molecule has 1 aliphatic carbocycles. The van der Waals surface area contributed by atoms with Crippen molar-refractivity contribution in [2.75, 3.05) is 13.1 Å². The molecule has 1 heterocycles. The number of amides is 2. The van der Waals surface area contributed by atoms with E-state index in [9.17, 15) is 9.59 Å². The van der Waals surface area contributed by atoms with Crippen LogP contribution in [0.15, 0.2) is 54.6 Å². The number of hydrogen-bond acceptors (Lipinski definition) is 3. The van der Waals surface area contributed by atoms with Crippen molar-refractivity contribution >= 4 is 11.8 Å². The van der Waals surface area contributed by atoms with Crippen molar-refractivity contribution in [3.05, 3.63) is 54.6 Å². The number of carbonyl (C=O) groups excluding carboxylic acids is 2. The molecule has 152 valence electrons. The first-order valence-corrected chi connectivity index (χ1v) is 10.5.